The molecule has 0 aromatic heterocycles. The highest BCUT2D eigenvalue weighted by Gasteiger charge is 2.28. The third-order valence-corrected chi connectivity index (χ3v) is 3.95. The van der Waals surface area contributed by atoms with E-state index in [9.17, 15) is 0 Å². The van der Waals surface area contributed by atoms with Crippen LogP contribution in [0.25, 0.3) is 0 Å². The molecule has 0 aliphatic carbocycles. The van der Waals surface area contributed by atoms with Crippen molar-refractivity contribution < 1.29 is 0 Å². The van der Waals surface area contributed by atoms with Gasteiger partial charge in [0.25, 0.3) is 0 Å². The molecule has 2 unspecified atom stereocenters. The molecule has 1 aromatic carbocycles. The van der Waals surface area contributed by atoms with Crippen LogP contribution in [0.15, 0.2) is 30.3 Å². The molecule has 1 aliphatic rings. The summed E-state index contributed by atoms with van der Waals surface area (Å²) in [4.78, 5) is 4.99. The maximum atomic E-state index is 2.67. The molecule has 2 heteroatoms. The molecule has 0 amide bonds. The van der Waals surface area contributed by atoms with Crippen LogP contribution in [0.3, 0.4) is 0 Å². The van der Waals surface area contributed by atoms with Gasteiger partial charge in [-0.2, -0.15) is 0 Å². The maximum Gasteiger partial charge on any atom is 0.0345 e. The van der Waals surface area contributed by atoms with E-state index in [1.807, 2.05) is 0 Å². The van der Waals surface area contributed by atoms with E-state index in [4.69, 9.17) is 0 Å². The van der Waals surface area contributed by atoms with Crippen molar-refractivity contribution in [3.63, 3.8) is 0 Å². The Kier molecular flexibility index (Phi) is 4.79. The SMILES string of the molecule is CCC(c1ccccc1)N1CCC(CN(C)C)C1. The summed E-state index contributed by atoms with van der Waals surface area (Å²) in [5.41, 5.74) is 1.48. The predicted octanol–water partition coefficient (Wildman–Crippen LogP) is 3.02. The monoisotopic (exact) mass is 246 g/mol. The standard InChI is InChI=1S/C16H26N2/c1-4-16(15-8-6-5-7-9-15)18-11-10-14(13-18)12-17(2)3/h5-9,14,16H,4,10-13H2,1-3H3. The van der Waals surface area contributed by atoms with Gasteiger partial charge >= 0.3 is 0 Å². The van der Waals surface area contributed by atoms with E-state index < -0.39 is 0 Å². The molecule has 18 heavy (non-hydrogen) atoms. The minimum Gasteiger partial charge on any atom is -0.309 e. The van der Waals surface area contributed by atoms with E-state index in [0.29, 0.717) is 6.04 Å². The summed E-state index contributed by atoms with van der Waals surface area (Å²) in [6, 6.07) is 11.6. The molecular weight excluding hydrogens is 220 g/mol. The van der Waals surface area contributed by atoms with Crippen molar-refractivity contribution in [2.75, 3.05) is 33.7 Å². The summed E-state index contributed by atoms with van der Waals surface area (Å²) in [6.45, 7) is 6.04. The topological polar surface area (TPSA) is 6.48 Å². The van der Waals surface area contributed by atoms with Gasteiger partial charge in [-0.15, -0.1) is 0 Å². The van der Waals surface area contributed by atoms with E-state index in [2.05, 4.69) is 61.2 Å². The van der Waals surface area contributed by atoms with Gasteiger partial charge in [-0.1, -0.05) is 37.3 Å². The van der Waals surface area contributed by atoms with Crippen molar-refractivity contribution in [3.8, 4) is 0 Å². The molecule has 2 atom stereocenters. The molecule has 1 aromatic rings. The van der Waals surface area contributed by atoms with Crippen LogP contribution in [-0.2, 0) is 0 Å². The average Bonchev–Trinajstić information content (AvgIpc) is 2.79. The zero-order valence-corrected chi connectivity index (χ0v) is 12.0. The molecule has 100 valence electrons. The van der Waals surface area contributed by atoms with Crippen LogP contribution in [0.5, 0.6) is 0 Å². The number of nitrogens with zero attached hydrogens (tertiary/aromatic N) is 2. The zero-order chi connectivity index (χ0) is 13.0. The Bertz CT molecular complexity index is 347. The van der Waals surface area contributed by atoms with Crippen molar-refractivity contribution in [1.29, 1.82) is 0 Å². The summed E-state index contributed by atoms with van der Waals surface area (Å²) in [5.74, 6) is 0.845. The first-order valence-electron chi connectivity index (χ1n) is 7.14. The molecule has 0 bridgehead atoms. The maximum absolute atomic E-state index is 2.67. The molecule has 0 saturated carbocycles. The zero-order valence-electron chi connectivity index (χ0n) is 12.0. The lowest BCUT2D eigenvalue weighted by Gasteiger charge is -2.27. The highest BCUT2D eigenvalue weighted by atomic mass is 15.2. The average molecular weight is 246 g/mol. The fourth-order valence-electron chi connectivity index (χ4n) is 3.19. The van der Waals surface area contributed by atoms with Crippen LogP contribution in [0.2, 0.25) is 0 Å². The first kappa shape index (κ1) is 13.6. The van der Waals surface area contributed by atoms with Crippen molar-refractivity contribution >= 4 is 0 Å². The minimum absolute atomic E-state index is 0.610. The van der Waals surface area contributed by atoms with Gasteiger partial charge in [0.2, 0.25) is 0 Å². The van der Waals surface area contributed by atoms with Crippen LogP contribution >= 0.6 is 0 Å². The number of hydrogen-bond donors (Lipinski definition) is 0. The van der Waals surface area contributed by atoms with E-state index >= 15 is 0 Å². The van der Waals surface area contributed by atoms with E-state index in [0.717, 1.165) is 5.92 Å². The van der Waals surface area contributed by atoms with E-state index in [1.54, 1.807) is 0 Å². The number of hydrogen-bond acceptors (Lipinski definition) is 2. The van der Waals surface area contributed by atoms with Crippen LogP contribution in [0.1, 0.15) is 31.4 Å². The van der Waals surface area contributed by atoms with Gasteiger partial charge in [0.15, 0.2) is 0 Å². The van der Waals surface area contributed by atoms with Gasteiger partial charge < -0.3 is 4.90 Å². The van der Waals surface area contributed by atoms with Gasteiger partial charge in [-0.3, -0.25) is 4.90 Å². The lowest BCUT2D eigenvalue weighted by Crippen LogP contribution is -2.28. The second kappa shape index (κ2) is 6.35. The van der Waals surface area contributed by atoms with Crippen LogP contribution in [0, 0.1) is 5.92 Å². The van der Waals surface area contributed by atoms with Crippen LogP contribution in [-0.4, -0.2) is 43.5 Å². The largest absolute Gasteiger partial charge is 0.309 e. The summed E-state index contributed by atoms with van der Waals surface area (Å²) < 4.78 is 0. The first-order chi connectivity index (χ1) is 8.70. The molecule has 1 fully saturated rings. The highest BCUT2D eigenvalue weighted by molar-refractivity contribution is 5.19. The Morgan fingerprint density at radius 2 is 2.00 bits per heavy atom. The summed E-state index contributed by atoms with van der Waals surface area (Å²) >= 11 is 0. The van der Waals surface area contributed by atoms with Gasteiger partial charge in [0.1, 0.15) is 0 Å². The van der Waals surface area contributed by atoms with Gasteiger partial charge in [0.05, 0.1) is 0 Å². The van der Waals surface area contributed by atoms with E-state index in [-0.39, 0.29) is 0 Å². The first-order valence-corrected chi connectivity index (χ1v) is 7.14. The summed E-state index contributed by atoms with van der Waals surface area (Å²) in [5, 5.41) is 0. The van der Waals surface area contributed by atoms with Gasteiger partial charge in [0, 0.05) is 19.1 Å². The number of likely N-dealkylation sites (tertiary alicyclic amines) is 1. The molecule has 1 heterocycles. The third kappa shape index (κ3) is 3.33. The summed E-state index contributed by atoms with van der Waals surface area (Å²) in [6.07, 6.45) is 2.56. The van der Waals surface area contributed by atoms with Crippen molar-refractivity contribution in [3.05, 3.63) is 35.9 Å². The Morgan fingerprint density at radius 3 is 2.61 bits per heavy atom. The lowest BCUT2D eigenvalue weighted by molar-refractivity contribution is 0.221. The summed E-state index contributed by atoms with van der Waals surface area (Å²) in [7, 11) is 4.36. The van der Waals surface area contributed by atoms with Crippen LogP contribution < -0.4 is 0 Å². The predicted molar refractivity (Wildman–Crippen MR) is 77.7 cm³/mol. The van der Waals surface area contributed by atoms with E-state index in [1.165, 1.54) is 38.0 Å². The second-order valence-corrected chi connectivity index (χ2v) is 5.75. The molecule has 0 spiro atoms. The van der Waals surface area contributed by atoms with Crippen molar-refractivity contribution in [2.24, 2.45) is 5.92 Å². The molecule has 2 rings (SSSR count). The molecule has 1 aliphatic heterocycles. The smallest absolute Gasteiger partial charge is 0.0345 e. The molecule has 0 N–H and O–H groups in total. The van der Waals surface area contributed by atoms with Crippen LogP contribution in [0.4, 0.5) is 0 Å². The fourth-order valence-corrected chi connectivity index (χ4v) is 3.19. The Balaban J connectivity index is 1.98. The van der Waals surface area contributed by atoms with Crippen molar-refractivity contribution in [1.82, 2.24) is 9.80 Å². The molecular formula is C16H26N2. The van der Waals surface area contributed by atoms with Gasteiger partial charge in [-0.25, -0.2) is 0 Å². The quantitative estimate of drug-likeness (QED) is 0.788. The minimum atomic E-state index is 0.610. The van der Waals surface area contributed by atoms with Crippen molar-refractivity contribution in [2.45, 2.75) is 25.8 Å². The number of benzene rings is 1. The Labute approximate surface area is 112 Å². The highest BCUT2D eigenvalue weighted by Crippen LogP contribution is 2.30. The number of rotatable bonds is 5. The Morgan fingerprint density at radius 1 is 1.28 bits per heavy atom. The second-order valence-electron chi connectivity index (χ2n) is 5.75. The molecule has 1 saturated heterocycles. The Hall–Kier alpha value is -0.860. The van der Waals surface area contributed by atoms with Gasteiger partial charge in [-0.05, 0) is 45.0 Å². The molecule has 2 nitrogen and oxygen atoms in total. The normalized spacial score (nSPS) is 22.6. The fraction of sp³-hybridized carbons (Fsp3) is 0.625. The molecule has 0 radical (unpaired) electrons. The lowest BCUT2D eigenvalue weighted by atomic mass is 10.0. The third-order valence-electron chi connectivity index (χ3n) is 3.95.